The minimum Gasteiger partial charge on any atom is -0.491 e. The van der Waals surface area contributed by atoms with Crippen molar-refractivity contribution in [2.75, 3.05) is 19.0 Å². The topological polar surface area (TPSA) is 109 Å². The monoisotopic (exact) mass is 443 g/mol. The van der Waals surface area contributed by atoms with Crippen LogP contribution in [0.4, 0.5) is 15.9 Å². The molecule has 0 aliphatic heterocycles. The van der Waals surface area contributed by atoms with Crippen molar-refractivity contribution in [2.24, 2.45) is 5.92 Å². The molecule has 1 aliphatic rings. The van der Waals surface area contributed by atoms with Crippen LogP contribution in [0, 0.1) is 11.7 Å². The first-order valence-corrected chi connectivity index (χ1v) is 9.87. The van der Waals surface area contributed by atoms with Gasteiger partial charge in [-0.1, -0.05) is 11.6 Å². The summed E-state index contributed by atoms with van der Waals surface area (Å²) in [4.78, 5) is 25.3. The van der Waals surface area contributed by atoms with Gasteiger partial charge in [-0.2, -0.15) is 0 Å². The number of hydrogen-bond donors (Lipinski definition) is 3. The second-order valence-corrected chi connectivity index (χ2v) is 7.48. The summed E-state index contributed by atoms with van der Waals surface area (Å²) in [6.45, 7) is 0.0318. The van der Waals surface area contributed by atoms with Crippen molar-refractivity contribution in [3.05, 3.63) is 59.3 Å². The van der Waals surface area contributed by atoms with Gasteiger partial charge in [0.15, 0.2) is 17.4 Å². The van der Waals surface area contributed by atoms with Gasteiger partial charge in [0.2, 0.25) is 0 Å². The van der Waals surface area contributed by atoms with Crippen LogP contribution in [0.15, 0.2) is 42.9 Å². The number of amides is 1. The molecule has 2 atom stereocenters. The average molecular weight is 444 g/mol. The van der Waals surface area contributed by atoms with E-state index in [-0.39, 0.29) is 41.7 Å². The van der Waals surface area contributed by atoms with Crippen molar-refractivity contribution in [2.45, 2.75) is 12.5 Å². The number of ether oxygens (including phenoxy) is 1. The molecule has 0 radical (unpaired) electrons. The number of carbonyl (C=O) groups is 1. The molecule has 2 aromatic heterocycles. The van der Waals surface area contributed by atoms with Crippen LogP contribution in [0.25, 0.3) is 11.4 Å². The van der Waals surface area contributed by atoms with E-state index in [0.717, 1.165) is 6.42 Å². The molecule has 0 spiro atoms. The van der Waals surface area contributed by atoms with Crippen LogP contribution in [-0.2, 0) is 0 Å². The van der Waals surface area contributed by atoms with E-state index in [9.17, 15) is 14.3 Å². The number of rotatable bonds is 7. The Hall–Kier alpha value is -3.30. The quantitative estimate of drug-likeness (QED) is 0.514. The van der Waals surface area contributed by atoms with E-state index in [1.807, 2.05) is 0 Å². The van der Waals surface area contributed by atoms with E-state index in [2.05, 4.69) is 25.6 Å². The second-order valence-electron chi connectivity index (χ2n) is 7.04. The van der Waals surface area contributed by atoms with Gasteiger partial charge < -0.3 is 20.5 Å². The largest absolute Gasteiger partial charge is 0.491 e. The Morgan fingerprint density at radius 2 is 2.19 bits per heavy atom. The smallest absolute Gasteiger partial charge is 0.255 e. The lowest BCUT2D eigenvalue weighted by atomic mass is 10.2. The fourth-order valence-corrected chi connectivity index (χ4v) is 3.26. The van der Waals surface area contributed by atoms with Crippen LogP contribution in [0.5, 0.6) is 5.75 Å². The molecule has 31 heavy (non-hydrogen) atoms. The zero-order chi connectivity index (χ0) is 22.0. The maximum Gasteiger partial charge on any atom is 0.255 e. The predicted molar refractivity (Wildman–Crippen MR) is 113 cm³/mol. The molecule has 1 saturated carbocycles. The molecule has 8 nitrogen and oxygen atoms in total. The highest BCUT2D eigenvalue weighted by Gasteiger charge is 2.38. The molecule has 0 saturated heterocycles. The average Bonchev–Trinajstić information content (AvgIpc) is 3.53. The van der Waals surface area contributed by atoms with Gasteiger partial charge in [0.05, 0.1) is 30.1 Å². The van der Waals surface area contributed by atoms with Crippen LogP contribution < -0.4 is 15.4 Å². The van der Waals surface area contributed by atoms with Crippen LogP contribution >= 0.6 is 11.6 Å². The van der Waals surface area contributed by atoms with E-state index in [1.54, 1.807) is 6.07 Å². The molecule has 2 heterocycles. The van der Waals surface area contributed by atoms with E-state index in [0.29, 0.717) is 22.0 Å². The third-order valence-electron chi connectivity index (χ3n) is 4.94. The normalized spacial score (nSPS) is 17.2. The van der Waals surface area contributed by atoms with Crippen molar-refractivity contribution < 1.29 is 19.0 Å². The van der Waals surface area contributed by atoms with Gasteiger partial charge >= 0.3 is 0 Å². The number of carbonyl (C=O) groups excluding carboxylic acids is 1. The van der Waals surface area contributed by atoms with Gasteiger partial charge in [0.1, 0.15) is 5.82 Å². The maximum absolute atomic E-state index is 14.3. The summed E-state index contributed by atoms with van der Waals surface area (Å²) < 4.78 is 19.6. The Bertz CT molecular complexity index is 1130. The third-order valence-corrected chi connectivity index (χ3v) is 5.17. The molecule has 2 unspecified atom stereocenters. The highest BCUT2D eigenvalue weighted by atomic mass is 35.5. The minimum absolute atomic E-state index is 0.0318. The number of halogens is 2. The van der Waals surface area contributed by atoms with E-state index in [1.165, 1.54) is 43.9 Å². The Labute approximate surface area is 182 Å². The number of nitrogens with one attached hydrogen (secondary N) is 2. The highest BCUT2D eigenvalue weighted by Crippen LogP contribution is 2.32. The van der Waals surface area contributed by atoms with Crippen LogP contribution in [0.3, 0.4) is 0 Å². The molecule has 1 amide bonds. The number of hydrogen-bond acceptors (Lipinski definition) is 7. The fraction of sp³-hybridized carbons (Fsp3) is 0.238. The van der Waals surface area contributed by atoms with Crippen molar-refractivity contribution in [3.63, 3.8) is 0 Å². The first-order chi connectivity index (χ1) is 15.0. The number of aliphatic hydroxyl groups is 1. The zero-order valence-corrected chi connectivity index (χ0v) is 17.2. The lowest BCUT2D eigenvalue weighted by Crippen LogP contribution is -2.28. The highest BCUT2D eigenvalue weighted by molar-refractivity contribution is 6.30. The molecule has 4 rings (SSSR count). The van der Waals surface area contributed by atoms with Gasteiger partial charge in [-0.3, -0.25) is 9.78 Å². The van der Waals surface area contributed by atoms with Gasteiger partial charge in [-0.25, -0.2) is 14.4 Å². The Morgan fingerprint density at radius 3 is 2.94 bits per heavy atom. The van der Waals surface area contributed by atoms with Crippen molar-refractivity contribution in [1.82, 2.24) is 20.3 Å². The number of aliphatic hydroxyl groups excluding tert-OH is 1. The lowest BCUT2D eigenvalue weighted by Gasteiger charge is -2.14. The van der Waals surface area contributed by atoms with Gasteiger partial charge in [-0.05, 0) is 30.7 Å². The first-order valence-electron chi connectivity index (χ1n) is 9.49. The first kappa shape index (κ1) is 21.0. The summed E-state index contributed by atoms with van der Waals surface area (Å²) in [7, 11) is 1.45. The zero-order valence-electron chi connectivity index (χ0n) is 16.5. The molecule has 10 heteroatoms. The number of anilines is 2. The van der Waals surface area contributed by atoms with Crippen molar-refractivity contribution in [3.8, 4) is 17.1 Å². The van der Waals surface area contributed by atoms with Crippen molar-refractivity contribution in [1.29, 1.82) is 0 Å². The minimum atomic E-state index is -0.521. The molecular weight excluding hydrogens is 425 g/mol. The number of nitrogens with zero attached hydrogens (tertiary/aromatic N) is 3. The molecule has 1 aliphatic carbocycles. The number of methoxy groups -OCH3 is 1. The summed E-state index contributed by atoms with van der Waals surface area (Å²) in [5.74, 6) is -0.122. The van der Waals surface area contributed by atoms with E-state index < -0.39 is 5.82 Å². The molecular formula is C21H19ClFN5O3. The fourth-order valence-electron chi connectivity index (χ4n) is 3.09. The van der Waals surface area contributed by atoms with Crippen LogP contribution in [0.1, 0.15) is 16.8 Å². The Kier molecular flexibility index (Phi) is 5.97. The standard InChI is InChI=1S/C21H19ClFN5O3/c1-31-18-9-25-19(13-7-12(22)2-3-15(13)23)28-20(18)26-16-4-5-24-8-14(16)21(30)27-17-6-11(17)10-29/h2-5,7-9,11,17,29H,6,10H2,1H3,(H,27,30)(H,24,25,26,28). The third kappa shape index (κ3) is 4.57. The predicted octanol–water partition coefficient (Wildman–Crippen LogP) is 3.19. The lowest BCUT2D eigenvalue weighted by molar-refractivity contribution is 0.0948. The van der Waals surface area contributed by atoms with Crippen LogP contribution in [0.2, 0.25) is 5.02 Å². The summed E-state index contributed by atoms with van der Waals surface area (Å²) in [5, 5.41) is 15.5. The number of pyridine rings is 1. The summed E-state index contributed by atoms with van der Waals surface area (Å²) >= 11 is 5.99. The van der Waals surface area contributed by atoms with Crippen molar-refractivity contribution >= 4 is 29.0 Å². The van der Waals surface area contributed by atoms with Gasteiger partial charge in [0.25, 0.3) is 5.91 Å². The molecule has 3 N–H and O–H groups in total. The Morgan fingerprint density at radius 1 is 1.35 bits per heavy atom. The summed E-state index contributed by atoms with van der Waals surface area (Å²) in [6, 6.07) is 5.66. The number of aromatic nitrogens is 3. The van der Waals surface area contributed by atoms with E-state index in [4.69, 9.17) is 16.3 Å². The molecule has 3 aromatic rings. The maximum atomic E-state index is 14.3. The van der Waals surface area contributed by atoms with Gasteiger partial charge in [-0.15, -0.1) is 0 Å². The Balaban J connectivity index is 1.65. The molecule has 160 valence electrons. The molecule has 1 fully saturated rings. The van der Waals surface area contributed by atoms with Crippen LogP contribution in [-0.4, -0.2) is 45.7 Å². The van der Waals surface area contributed by atoms with Gasteiger partial charge in [0, 0.05) is 36.0 Å². The second kappa shape index (κ2) is 8.83. The molecule has 0 bridgehead atoms. The summed E-state index contributed by atoms with van der Waals surface area (Å²) in [6.07, 6.45) is 5.10. The SMILES string of the molecule is COc1cnc(-c2cc(Cl)ccc2F)nc1Nc1ccncc1C(=O)NC1CC1CO. The molecule has 1 aromatic carbocycles. The number of benzene rings is 1. The summed E-state index contributed by atoms with van der Waals surface area (Å²) in [5.41, 5.74) is 0.861. The van der Waals surface area contributed by atoms with E-state index >= 15 is 0 Å².